The summed E-state index contributed by atoms with van der Waals surface area (Å²) in [5, 5.41) is 0. The van der Waals surface area contributed by atoms with Gasteiger partial charge in [-0.05, 0) is 0 Å². The molecule has 0 atom stereocenters. The van der Waals surface area contributed by atoms with E-state index in [0.29, 0.717) is 0 Å². The van der Waals surface area contributed by atoms with Gasteiger partial charge in [0.2, 0.25) is 0 Å². The SMILES string of the molecule is [CH3][Sn]1([CH3])[CH2]C=C(Cc2ccccc2)[CH2]1. The van der Waals surface area contributed by atoms with E-state index in [9.17, 15) is 0 Å². The Hall–Kier alpha value is -0.241. The van der Waals surface area contributed by atoms with Crippen molar-refractivity contribution < 1.29 is 0 Å². The van der Waals surface area contributed by atoms with E-state index in [2.05, 4.69) is 46.3 Å². The van der Waals surface area contributed by atoms with Gasteiger partial charge in [0, 0.05) is 0 Å². The van der Waals surface area contributed by atoms with Crippen LogP contribution in [0.3, 0.4) is 0 Å². The number of hydrogen-bond acceptors (Lipinski definition) is 0. The van der Waals surface area contributed by atoms with Crippen LogP contribution < -0.4 is 0 Å². The average molecular weight is 293 g/mol. The van der Waals surface area contributed by atoms with Crippen molar-refractivity contribution in [3.63, 3.8) is 0 Å². The Morgan fingerprint density at radius 2 is 1.86 bits per heavy atom. The molecule has 0 spiro atoms. The van der Waals surface area contributed by atoms with Crippen LogP contribution in [0.1, 0.15) is 5.56 Å². The average Bonchev–Trinajstić information content (AvgIpc) is 2.47. The van der Waals surface area contributed by atoms with Crippen LogP contribution >= 0.6 is 0 Å². The van der Waals surface area contributed by atoms with E-state index in [-0.39, 0.29) is 0 Å². The third kappa shape index (κ3) is 2.63. The fourth-order valence-electron chi connectivity index (χ4n) is 2.17. The summed E-state index contributed by atoms with van der Waals surface area (Å²) in [6, 6.07) is 10.8. The zero-order valence-corrected chi connectivity index (χ0v) is 11.9. The molecule has 0 aromatic heterocycles. The summed E-state index contributed by atoms with van der Waals surface area (Å²) in [5.74, 6) is 0. The predicted molar refractivity (Wildman–Crippen MR) is 65.3 cm³/mol. The van der Waals surface area contributed by atoms with E-state index in [0.717, 1.165) is 0 Å². The van der Waals surface area contributed by atoms with E-state index in [1.54, 1.807) is 5.57 Å². The molecule has 0 fully saturated rings. The molecule has 1 aliphatic heterocycles. The van der Waals surface area contributed by atoms with Gasteiger partial charge in [-0.15, -0.1) is 0 Å². The predicted octanol–water partition coefficient (Wildman–Crippen LogP) is 3.88. The van der Waals surface area contributed by atoms with Gasteiger partial charge in [-0.1, -0.05) is 0 Å². The molecule has 1 aromatic rings. The summed E-state index contributed by atoms with van der Waals surface area (Å²) in [7, 11) is 0. The van der Waals surface area contributed by atoms with Gasteiger partial charge >= 0.3 is 91.1 Å². The molecular formula is C13H18Sn. The van der Waals surface area contributed by atoms with E-state index >= 15 is 0 Å². The van der Waals surface area contributed by atoms with Crippen LogP contribution in [0.5, 0.6) is 0 Å². The van der Waals surface area contributed by atoms with E-state index in [4.69, 9.17) is 0 Å². The van der Waals surface area contributed by atoms with Crippen molar-refractivity contribution in [1.82, 2.24) is 0 Å². The van der Waals surface area contributed by atoms with E-state index < -0.39 is 18.4 Å². The van der Waals surface area contributed by atoms with Crippen molar-refractivity contribution in [2.45, 2.75) is 25.2 Å². The summed E-state index contributed by atoms with van der Waals surface area (Å²) in [5.41, 5.74) is 3.18. The number of rotatable bonds is 2. The van der Waals surface area contributed by atoms with Gasteiger partial charge in [0.15, 0.2) is 0 Å². The molecule has 1 aliphatic rings. The molecule has 1 heteroatoms. The molecule has 0 saturated carbocycles. The van der Waals surface area contributed by atoms with Crippen molar-refractivity contribution in [2.24, 2.45) is 0 Å². The Morgan fingerprint density at radius 3 is 2.43 bits per heavy atom. The first-order chi connectivity index (χ1) is 6.66. The summed E-state index contributed by atoms with van der Waals surface area (Å²) in [4.78, 5) is 5.12. The molecule has 0 aliphatic carbocycles. The van der Waals surface area contributed by atoms with Crippen LogP contribution in [0.15, 0.2) is 42.0 Å². The van der Waals surface area contributed by atoms with Crippen LogP contribution in [-0.2, 0) is 6.42 Å². The quantitative estimate of drug-likeness (QED) is 0.573. The molecule has 74 valence electrons. The second kappa shape index (κ2) is 4.09. The molecule has 2 rings (SSSR count). The van der Waals surface area contributed by atoms with Crippen LogP contribution in [0.25, 0.3) is 0 Å². The van der Waals surface area contributed by atoms with Crippen molar-refractivity contribution in [3.05, 3.63) is 47.5 Å². The molecule has 0 unspecified atom stereocenters. The second-order valence-corrected chi connectivity index (χ2v) is 19.6. The van der Waals surface area contributed by atoms with Crippen LogP contribution in [0.4, 0.5) is 0 Å². The van der Waals surface area contributed by atoms with E-state index in [1.165, 1.54) is 20.9 Å². The molecule has 0 bridgehead atoms. The molecule has 0 saturated heterocycles. The van der Waals surface area contributed by atoms with Gasteiger partial charge in [-0.3, -0.25) is 0 Å². The molecular weight excluding hydrogens is 275 g/mol. The van der Waals surface area contributed by atoms with Gasteiger partial charge in [0.25, 0.3) is 0 Å². The zero-order chi connectivity index (χ0) is 10.0. The third-order valence-corrected chi connectivity index (χ3v) is 10.7. The van der Waals surface area contributed by atoms with Crippen molar-refractivity contribution in [2.75, 3.05) is 0 Å². The summed E-state index contributed by atoms with van der Waals surface area (Å²) in [6.07, 6.45) is 3.71. The first-order valence-electron chi connectivity index (χ1n) is 5.38. The van der Waals surface area contributed by atoms with Gasteiger partial charge < -0.3 is 0 Å². The number of hydrogen-bond donors (Lipinski definition) is 0. The molecule has 14 heavy (non-hydrogen) atoms. The van der Waals surface area contributed by atoms with Gasteiger partial charge in [0.05, 0.1) is 0 Å². The Morgan fingerprint density at radius 1 is 1.14 bits per heavy atom. The van der Waals surface area contributed by atoms with Crippen molar-refractivity contribution in [3.8, 4) is 0 Å². The normalized spacial score (nSPS) is 19.4. The van der Waals surface area contributed by atoms with Crippen molar-refractivity contribution in [1.29, 1.82) is 0 Å². The van der Waals surface area contributed by atoms with Crippen LogP contribution in [0, 0.1) is 0 Å². The third-order valence-electron chi connectivity index (χ3n) is 2.92. The molecule has 1 heterocycles. The minimum atomic E-state index is -1.54. The van der Waals surface area contributed by atoms with Gasteiger partial charge in [0.1, 0.15) is 0 Å². The zero-order valence-electron chi connectivity index (χ0n) is 9.09. The molecule has 0 radical (unpaired) electrons. The molecule has 0 nitrogen and oxygen atoms in total. The Labute approximate surface area is 90.9 Å². The fraction of sp³-hybridized carbons (Fsp3) is 0.385. The van der Waals surface area contributed by atoms with Crippen LogP contribution in [0.2, 0.25) is 18.8 Å². The molecule has 0 N–H and O–H groups in total. The Kier molecular flexibility index (Phi) is 3.01. The summed E-state index contributed by atoms with van der Waals surface area (Å²) < 4.78 is 2.93. The summed E-state index contributed by atoms with van der Waals surface area (Å²) >= 11 is -1.54. The fourth-order valence-corrected chi connectivity index (χ4v) is 9.26. The van der Waals surface area contributed by atoms with Gasteiger partial charge in [-0.2, -0.15) is 0 Å². The Bertz CT molecular complexity index is 336. The first kappa shape index (κ1) is 10.3. The molecule has 1 aromatic carbocycles. The van der Waals surface area contributed by atoms with Crippen molar-refractivity contribution >= 4 is 18.4 Å². The van der Waals surface area contributed by atoms with Crippen LogP contribution in [-0.4, -0.2) is 18.4 Å². The topological polar surface area (TPSA) is 0 Å². The maximum atomic E-state index is 2.56. The number of allylic oxidation sites excluding steroid dienone is 2. The Balaban J connectivity index is 2.01. The molecule has 0 amide bonds. The van der Waals surface area contributed by atoms with E-state index in [1.807, 2.05) is 0 Å². The monoisotopic (exact) mass is 294 g/mol. The minimum absolute atomic E-state index is 1.20. The first-order valence-corrected chi connectivity index (χ1v) is 15.1. The maximum absolute atomic E-state index is 2.56. The number of benzene rings is 1. The van der Waals surface area contributed by atoms with Gasteiger partial charge in [-0.25, -0.2) is 0 Å². The standard InChI is InChI=1S/C11H12.2CH3.Sn/c1-3-10(2)9-11-7-5-4-6-8-11;;;/h3-8H,1-2,9H2;2*1H3;. The summed E-state index contributed by atoms with van der Waals surface area (Å²) in [6.45, 7) is 0. The second-order valence-electron chi connectivity index (χ2n) is 5.07.